The fraction of sp³-hybridized carbons (Fsp3) is 0. The first-order chi connectivity index (χ1) is 17.8. The Balaban J connectivity index is 0.000000183. The third kappa shape index (κ3) is 5.99. The van der Waals surface area contributed by atoms with E-state index in [1.165, 1.54) is 0 Å². The smallest absolute Gasteiger partial charge is 0.0886 e. The first kappa shape index (κ1) is 24.1. The number of fused-ring (bicyclic) bond motifs is 8. The van der Waals surface area contributed by atoms with Crippen molar-refractivity contribution < 1.29 is 0 Å². The highest BCUT2D eigenvalue weighted by atomic mass is 27.0. The summed E-state index contributed by atoms with van der Waals surface area (Å²) in [6.45, 7) is 0. The molecule has 2 N–H and O–H groups in total. The number of aromatic amines is 2. The van der Waals surface area contributed by atoms with Gasteiger partial charge in [-0.05, 0) is 97.1 Å². The predicted octanol–water partition coefficient (Wildman–Crippen LogP) is 6.42. The number of rotatable bonds is 1. The molecule has 2 aliphatic rings. The molecule has 0 amide bonds. The third-order valence-electron chi connectivity index (χ3n) is 5.63. The number of nitrogens with one attached hydrogen (secondary N) is 2. The van der Waals surface area contributed by atoms with Crippen LogP contribution in [0.25, 0.3) is 57.8 Å². The van der Waals surface area contributed by atoms with Crippen molar-refractivity contribution in [2.75, 3.05) is 0 Å². The zero-order valence-electron chi connectivity index (χ0n) is 19.9. The first-order valence-electron chi connectivity index (χ1n) is 11.6. The van der Waals surface area contributed by atoms with E-state index in [1.807, 2.05) is 78.9 Å². The van der Waals surface area contributed by atoms with Crippen LogP contribution in [0.5, 0.6) is 0 Å². The summed E-state index contributed by atoms with van der Waals surface area (Å²) >= 11 is 0. The van der Waals surface area contributed by atoms with Crippen molar-refractivity contribution in [3.05, 3.63) is 120 Å². The van der Waals surface area contributed by atoms with Gasteiger partial charge in [0, 0.05) is 51.8 Å². The molecule has 0 aliphatic carbocycles. The fourth-order valence-electron chi connectivity index (χ4n) is 3.97. The number of hydrogen-bond donors (Lipinski definition) is 2. The summed E-state index contributed by atoms with van der Waals surface area (Å²) in [4.78, 5) is 24.4. The summed E-state index contributed by atoms with van der Waals surface area (Å²) in [5.41, 5.74) is 9.69. The van der Waals surface area contributed by atoms with Crippen molar-refractivity contribution in [2.45, 2.75) is 0 Å². The summed E-state index contributed by atoms with van der Waals surface area (Å²) in [6.07, 6.45) is 11.6. The lowest BCUT2D eigenvalue weighted by Gasteiger charge is -1.96. The van der Waals surface area contributed by atoms with Gasteiger partial charge in [0.15, 0.2) is 0 Å². The van der Waals surface area contributed by atoms with Gasteiger partial charge in [-0.15, -0.1) is 0 Å². The highest BCUT2D eigenvalue weighted by Gasteiger charge is 2.02. The standard InChI is InChI=1S/C20H14N4.C10H8N2.Al/c1-2-14-10-16-5-6-18(23-16)12-20-8-7-19(24-20)11-17-4-3-15(22-17)9-13(1)21-14;1-3-7-11-9(5-1)10-6-2-4-8-12-10;/h1-12,21-22H;1-8H;. The lowest BCUT2D eigenvalue weighted by molar-refractivity contribution is 1.25. The Labute approximate surface area is 224 Å². The van der Waals surface area contributed by atoms with Crippen LogP contribution in [0.4, 0.5) is 0 Å². The van der Waals surface area contributed by atoms with Crippen LogP contribution in [0.1, 0.15) is 22.8 Å². The molecule has 7 heteroatoms. The van der Waals surface area contributed by atoms with Gasteiger partial charge in [0.1, 0.15) is 0 Å². The highest BCUT2D eigenvalue weighted by molar-refractivity contribution is 5.77. The van der Waals surface area contributed by atoms with Crippen LogP contribution < -0.4 is 0 Å². The monoisotopic (exact) mass is 493 g/mol. The predicted molar refractivity (Wildman–Crippen MR) is 152 cm³/mol. The summed E-state index contributed by atoms with van der Waals surface area (Å²) in [7, 11) is 0. The number of H-pyrrole nitrogens is 2. The topological polar surface area (TPSA) is 83.1 Å². The molecule has 7 rings (SSSR count). The van der Waals surface area contributed by atoms with Crippen LogP contribution in [0, 0.1) is 0 Å². The molecule has 0 aromatic carbocycles. The van der Waals surface area contributed by atoms with E-state index < -0.39 is 0 Å². The molecule has 0 saturated carbocycles. The minimum absolute atomic E-state index is 0. The molecule has 2 aliphatic heterocycles. The number of hydrogen-bond acceptors (Lipinski definition) is 4. The zero-order chi connectivity index (χ0) is 24.2. The average molecular weight is 494 g/mol. The Morgan fingerprint density at radius 1 is 0.432 bits per heavy atom. The van der Waals surface area contributed by atoms with Crippen LogP contribution >= 0.6 is 0 Å². The van der Waals surface area contributed by atoms with Gasteiger partial charge in [-0.3, -0.25) is 9.97 Å². The average Bonchev–Trinajstić information content (AvgIpc) is 3.72. The number of aromatic nitrogens is 6. The molecule has 0 unspecified atom stereocenters. The van der Waals surface area contributed by atoms with Crippen LogP contribution in [-0.4, -0.2) is 47.3 Å². The molecule has 0 fully saturated rings. The van der Waals surface area contributed by atoms with E-state index in [4.69, 9.17) is 0 Å². The van der Waals surface area contributed by atoms with Crippen molar-refractivity contribution >= 4 is 63.7 Å². The van der Waals surface area contributed by atoms with E-state index in [9.17, 15) is 0 Å². The van der Waals surface area contributed by atoms with Gasteiger partial charge < -0.3 is 9.97 Å². The molecular weight excluding hydrogens is 471 g/mol. The number of pyridine rings is 2. The molecule has 0 spiro atoms. The Morgan fingerprint density at radius 2 is 0.838 bits per heavy atom. The first-order valence-corrected chi connectivity index (χ1v) is 11.6. The van der Waals surface area contributed by atoms with Gasteiger partial charge >= 0.3 is 0 Å². The Morgan fingerprint density at radius 3 is 1.24 bits per heavy atom. The van der Waals surface area contributed by atoms with E-state index in [0.717, 1.165) is 56.2 Å². The second-order valence-corrected chi connectivity index (χ2v) is 8.34. The third-order valence-corrected chi connectivity index (χ3v) is 5.63. The molecule has 0 saturated heterocycles. The van der Waals surface area contributed by atoms with Crippen molar-refractivity contribution in [2.24, 2.45) is 0 Å². The molecule has 3 radical (unpaired) electrons. The Bertz CT molecular complexity index is 1610. The summed E-state index contributed by atoms with van der Waals surface area (Å²) in [5.74, 6) is 0. The second-order valence-electron chi connectivity index (χ2n) is 8.34. The Hall–Kier alpha value is -4.57. The zero-order valence-corrected chi connectivity index (χ0v) is 21.1. The minimum Gasteiger partial charge on any atom is -0.355 e. The van der Waals surface area contributed by atoms with Crippen LogP contribution in [0.3, 0.4) is 0 Å². The molecule has 8 bridgehead atoms. The molecule has 175 valence electrons. The van der Waals surface area contributed by atoms with E-state index in [-0.39, 0.29) is 17.4 Å². The highest BCUT2D eigenvalue weighted by Crippen LogP contribution is 2.17. The second kappa shape index (κ2) is 11.0. The van der Waals surface area contributed by atoms with Crippen LogP contribution in [0.2, 0.25) is 0 Å². The molecule has 37 heavy (non-hydrogen) atoms. The molecule has 0 atom stereocenters. The van der Waals surface area contributed by atoms with Crippen LogP contribution in [-0.2, 0) is 0 Å². The quantitative estimate of drug-likeness (QED) is 0.259. The number of nitrogens with zero attached hydrogens (tertiary/aromatic N) is 4. The molecule has 5 aromatic rings. The normalized spacial score (nSPS) is 11.4. The summed E-state index contributed by atoms with van der Waals surface area (Å²) < 4.78 is 0. The maximum atomic E-state index is 4.62. The van der Waals surface area contributed by atoms with Gasteiger partial charge in [-0.1, -0.05) is 12.1 Å². The SMILES string of the molecule is C1=Cc2cc3ccc(cc4ccc(cc5nc(cc1n2)C=C5)[nH]4)[nH]3.[Al].c1ccc(-c2ccccn2)nc1. The lowest BCUT2D eigenvalue weighted by Crippen LogP contribution is -1.83. The molecule has 5 aromatic heterocycles. The largest absolute Gasteiger partial charge is 0.355 e. The summed E-state index contributed by atoms with van der Waals surface area (Å²) in [5, 5.41) is 0. The van der Waals surface area contributed by atoms with Crippen molar-refractivity contribution in [1.29, 1.82) is 0 Å². The summed E-state index contributed by atoms with van der Waals surface area (Å²) in [6, 6.07) is 28.0. The Kier molecular flexibility index (Phi) is 7.18. The van der Waals surface area contributed by atoms with Gasteiger partial charge in [0.05, 0.1) is 34.2 Å². The van der Waals surface area contributed by atoms with E-state index in [1.54, 1.807) is 12.4 Å². The van der Waals surface area contributed by atoms with Gasteiger partial charge in [0.25, 0.3) is 0 Å². The molecular formula is C30H22AlN6. The van der Waals surface area contributed by atoms with Crippen LogP contribution in [0.15, 0.2) is 97.3 Å². The van der Waals surface area contributed by atoms with E-state index >= 15 is 0 Å². The van der Waals surface area contributed by atoms with Gasteiger partial charge in [-0.2, -0.15) is 0 Å². The van der Waals surface area contributed by atoms with Crippen molar-refractivity contribution in [1.82, 2.24) is 29.9 Å². The lowest BCUT2D eigenvalue weighted by atomic mass is 10.2. The van der Waals surface area contributed by atoms with Gasteiger partial charge in [-0.25, -0.2) is 9.97 Å². The maximum absolute atomic E-state index is 4.62. The van der Waals surface area contributed by atoms with Crippen molar-refractivity contribution in [3.8, 4) is 11.4 Å². The van der Waals surface area contributed by atoms with Crippen molar-refractivity contribution in [3.63, 3.8) is 0 Å². The minimum atomic E-state index is 0. The van der Waals surface area contributed by atoms with Gasteiger partial charge in [0.2, 0.25) is 0 Å². The van der Waals surface area contributed by atoms with E-state index in [2.05, 4.69) is 60.2 Å². The van der Waals surface area contributed by atoms with E-state index in [0.29, 0.717) is 0 Å². The molecule has 6 nitrogen and oxygen atoms in total. The fourth-order valence-corrected chi connectivity index (χ4v) is 3.97. The molecule has 7 heterocycles. The maximum Gasteiger partial charge on any atom is 0.0886 e.